The van der Waals surface area contributed by atoms with Gasteiger partial charge in [-0.25, -0.2) is 4.99 Å². The molecule has 130 valence electrons. The summed E-state index contributed by atoms with van der Waals surface area (Å²) < 4.78 is 5.59. The van der Waals surface area contributed by atoms with E-state index in [0.717, 1.165) is 34.4 Å². The van der Waals surface area contributed by atoms with Gasteiger partial charge in [0.1, 0.15) is 11.6 Å². The zero-order chi connectivity index (χ0) is 17.9. The zero-order valence-electron chi connectivity index (χ0n) is 14.5. The molecule has 0 bridgehead atoms. The molecule has 3 aromatic rings. The number of rotatable bonds is 4. The molecule has 0 aromatic heterocycles. The van der Waals surface area contributed by atoms with E-state index in [2.05, 4.69) is 23.1 Å². The maximum atomic E-state index is 6.06. The predicted molar refractivity (Wildman–Crippen MR) is 108 cm³/mol. The second-order valence-corrected chi connectivity index (χ2v) is 6.61. The van der Waals surface area contributed by atoms with Gasteiger partial charge < -0.3 is 9.64 Å². The number of hydrogen-bond acceptors (Lipinski definition) is 2. The average Bonchev–Trinajstić information content (AvgIpc) is 2.67. The van der Waals surface area contributed by atoms with Crippen molar-refractivity contribution in [1.82, 2.24) is 0 Å². The van der Waals surface area contributed by atoms with Crippen molar-refractivity contribution >= 4 is 28.8 Å². The summed E-state index contributed by atoms with van der Waals surface area (Å²) in [5.74, 6) is 1.87. The Kier molecular flexibility index (Phi) is 4.63. The third-order valence-electron chi connectivity index (χ3n) is 4.58. The van der Waals surface area contributed by atoms with Crippen LogP contribution in [-0.4, -0.2) is 12.9 Å². The van der Waals surface area contributed by atoms with E-state index in [4.69, 9.17) is 21.3 Å². The second kappa shape index (κ2) is 7.22. The number of aliphatic imine (C=N–C) groups is 1. The first-order valence-corrected chi connectivity index (χ1v) is 8.94. The number of anilines is 1. The molecule has 0 aliphatic carbocycles. The molecule has 0 spiro atoms. The van der Waals surface area contributed by atoms with Crippen LogP contribution in [0.25, 0.3) is 0 Å². The molecule has 1 heterocycles. The summed E-state index contributed by atoms with van der Waals surface area (Å²) in [6, 6.07) is 26.3. The molecule has 0 N–H and O–H groups in total. The average molecular weight is 363 g/mol. The van der Waals surface area contributed by atoms with Crippen molar-refractivity contribution in [1.29, 1.82) is 0 Å². The van der Waals surface area contributed by atoms with Crippen LogP contribution in [0.4, 0.5) is 11.4 Å². The lowest BCUT2D eigenvalue weighted by molar-refractivity contribution is 0.413. The van der Waals surface area contributed by atoms with Crippen LogP contribution in [0.3, 0.4) is 0 Å². The minimum absolute atomic E-state index is 0.214. The molecule has 0 saturated carbocycles. The smallest absolute Gasteiger partial charge is 0.142 e. The van der Waals surface area contributed by atoms with Crippen LogP contribution in [-0.2, 0) is 0 Å². The number of methoxy groups -OCH3 is 1. The number of hydrogen-bond donors (Lipinski definition) is 0. The molecule has 1 aliphatic heterocycles. The van der Waals surface area contributed by atoms with Crippen molar-refractivity contribution in [2.45, 2.75) is 12.5 Å². The molecule has 1 unspecified atom stereocenters. The fraction of sp³-hybridized carbons (Fsp3) is 0.136. The monoisotopic (exact) mass is 362 g/mol. The van der Waals surface area contributed by atoms with Crippen molar-refractivity contribution < 1.29 is 4.74 Å². The van der Waals surface area contributed by atoms with Gasteiger partial charge in [0.25, 0.3) is 0 Å². The molecule has 1 aliphatic rings. The highest BCUT2D eigenvalue weighted by molar-refractivity contribution is 6.30. The minimum Gasteiger partial charge on any atom is -0.495 e. The van der Waals surface area contributed by atoms with Gasteiger partial charge in [0.2, 0.25) is 0 Å². The third-order valence-corrected chi connectivity index (χ3v) is 4.83. The highest BCUT2D eigenvalue weighted by Crippen LogP contribution is 2.44. The second-order valence-electron chi connectivity index (χ2n) is 6.18. The molecule has 4 heteroatoms. The van der Waals surface area contributed by atoms with Crippen molar-refractivity contribution in [2.24, 2.45) is 4.99 Å². The molecule has 3 nitrogen and oxygen atoms in total. The number of para-hydroxylation sites is 3. The fourth-order valence-corrected chi connectivity index (χ4v) is 3.39. The van der Waals surface area contributed by atoms with Crippen molar-refractivity contribution in [3.8, 4) is 5.75 Å². The van der Waals surface area contributed by atoms with E-state index in [1.165, 1.54) is 5.56 Å². The third kappa shape index (κ3) is 3.18. The maximum Gasteiger partial charge on any atom is 0.142 e. The van der Waals surface area contributed by atoms with Crippen molar-refractivity contribution in [2.75, 3.05) is 12.0 Å². The summed E-state index contributed by atoms with van der Waals surface area (Å²) in [4.78, 5) is 7.10. The summed E-state index contributed by atoms with van der Waals surface area (Å²) >= 11 is 6.06. The van der Waals surface area contributed by atoms with E-state index < -0.39 is 0 Å². The van der Waals surface area contributed by atoms with Crippen LogP contribution in [0.15, 0.2) is 83.9 Å². The number of nitrogens with zero attached hydrogens (tertiary/aromatic N) is 2. The van der Waals surface area contributed by atoms with E-state index in [1.54, 1.807) is 7.11 Å². The molecular weight excluding hydrogens is 344 g/mol. The molecule has 4 rings (SSSR count). The first-order valence-electron chi connectivity index (χ1n) is 8.56. The zero-order valence-corrected chi connectivity index (χ0v) is 15.2. The Hall–Kier alpha value is -2.78. The molecule has 0 radical (unpaired) electrons. The van der Waals surface area contributed by atoms with E-state index in [-0.39, 0.29) is 6.04 Å². The SMILES string of the molecule is COc1ccccc1N1C(=Nc2ccccc2)CC1c1ccc(Cl)cc1. The molecule has 1 fully saturated rings. The highest BCUT2D eigenvalue weighted by Gasteiger charge is 2.37. The van der Waals surface area contributed by atoms with E-state index in [0.29, 0.717) is 0 Å². The van der Waals surface area contributed by atoms with Gasteiger partial charge in [-0.15, -0.1) is 0 Å². The van der Waals surface area contributed by atoms with Crippen LogP contribution in [0, 0.1) is 0 Å². The number of ether oxygens (including phenoxy) is 1. The van der Waals surface area contributed by atoms with E-state index >= 15 is 0 Å². The molecule has 1 saturated heterocycles. The Balaban J connectivity index is 1.75. The van der Waals surface area contributed by atoms with Gasteiger partial charge in [-0.2, -0.15) is 0 Å². The topological polar surface area (TPSA) is 24.8 Å². The standard InChI is InChI=1S/C22H19ClN2O/c1-26-21-10-6-5-9-19(21)25-20(16-11-13-17(23)14-12-16)15-22(25)24-18-7-3-2-4-8-18/h2-14,20H,15H2,1H3. The van der Waals surface area contributed by atoms with Gasteiger partial charge in [0.15, 0.2) is 0 Å². The Morgan fingerprint density at radius 2 is 1.62 bits per heavy atom. The van der Waals surface area contributed by atoms with Gasteiger partial charge in [-0.05, 0) is 42.0 Å². The van der Waals surface area contributed by atoms with Crippen LogP contribution in [0.1, 0.15) is 18.0 Å². The van der Waals surface area contributed by atoms with Gasteiger partial charge in [-0.1, -0.05) is 54.1 Å². The lowest BCUT2D eigenvalue weighted by atomic mass is 9.92. The summed E-state index contributed by atoms with van der Waals surface area (Å²) in [7, 11) is 1.70. The molecule has 26 heavy (non-hydrogen) atoms. The summed E-state index contributed by atoms with van der Waals surface area (Å²) in [6.45, 7) is 0. The lowest BCUT2D eigenvalue weighted by Crippen LogP contribution is -2.46. The molecule has 1 atom stereocenters. The van der Waals surface area contributed by atoms with Gasteiger partial charge in [0, 0.05) is 11.4 Å². The van der Waals surface area contributed by atoms with Crippen molar-refractivity contribution in [3.05, 3.63) is 89.4 Å². The van der Waals surface area contributed by atoms with E-state index in [1.807, 2.05) is 60.7 Å². The highest BCUT2D eigenvalue weighted by atomic mass is 35.5. The van der Waals surface area contributed by atoms with Crippen LogP contribution >= 0.6 is 11.6 Å². The molecular formula is C22H19ClN2O. The Morgan fingerprint density at radius 1 is 0.923 bits per heavy atom. The normalized spacial score (nSPS) is 17.8. The number of halogens is 1. The van der Waals surface area contributed by atoms with Gasteiger partial charge in [-0.3, -0.25) is 0 Å². The molecule has 3 aromatic carbocycles. The van der Waals surface area contributed by atoms with E-state index in [9.17, 15) is 0 Å². The molecule has 0 amide bonds. The Bertz CT molecular complexity index is 922. The fourth-order valence-electron chi connectivity index (χ4n) is 3.27. The van der Waals surface area contributed by atoms with Gasteiger partial charge in [0.05, 0.1) is 24.5 Å². The lowest BCUT2D eigenvalue weighted by Gasteiger charge is -2.44. The predicted octanol–water partition coefficient (Wildman–Crippen LogP) is 6.03. The number of amidine groups is 1. The summed E-state index contributed by atoms with van der Waals surface area (Å²) in [5, 5.41) is 0.745. The van der Waals surface area contributed by atoms with Crippen LogP contribution in [0.5, 0.6) is 5.75 Å². The quantitative estimate of drug-likeness (QED) is 0.566. The maximum absolute atomic E-state index is 6.06. The number of benzene rings is 3. The van der Waals surface area contributed by atoms with Crippen molar-refractivity contribution in [3.63, 3.8) is 0 Å². The minimum atomic E-state index is 0.214. The Morgan fingerprint density at radius 3 is 2.35 bits per heavy atom. The largest absolute Gasteiger partial charge is 0.495 e. The summed E-state index contributed by atoms with van der Waals surface area (Å²) in [6.07, 6.45) is 0.870. The van der Waals surface area contributed by atoms with Gasteiger partial charge >= 0.3 is 0 Å². The van der Waals surface area contributed by atoms with Crippen LogP contribution in [0.2, 0.25) is 5.02 Å². The summed E-state index contributed by atoms with van der Waals surface area (Å²) in [5.41, 5.74) is 3.19. The first kappa shape index (κ1) is 16.7. The Labute approximate surface area is 158 Å². The first-order chi connectivity index (χ1) is 12.8. The van der Waals surface area contributed by atoms with Crippen LogP contribution < -0.4 is 9.64 Å².